The Hall–Kier alpha value is -3.55. The SMILES string of the molecule is CC(C)[C@@H](C(=O)N[C@@H](C)C(=O)N[C@@H](CC(=O)O)C(=O)O)N(OCCN1CCOCC1)C(=O)c1ccccc1. The van der Waals surface area contributed by atoms with E-state index in [0.29, 0.717) is 25.3 Å². The molecule has 0 aliphatic carbocycles. The van der Waals surface area contributed by atoms with Crippen molar-refractivity contribution in [1.29, 1.82) is 0 Å². The number of rotatable bonds is 14. The predicted octanol–water partition coefficient (Wildman–Crippen LogP) is -0.0340. The van der Waals surface area contributed by atoms with Gasteiger partial charge in [0.15, 0.2) is 0 Å². The molecule has 3 amide bonds. The molecule has 1 saturated heterocycles. The van der Waals surface area contributed by atoms with Crippen LogP contribution in [0.2, 0.25) is 0 Å². The topological polar surface area (TPSA) is 175 Å². The summed E-state index contributed by atoms with van der Waals surface area (Å²) in [4.78, 5) is 69.5. The second-order valence-electron chi connectivity index (χ2n) is 9.20. The molecule has 38 heavy (non-hydrogen) atoms. The first-order valence-electron chi connectivity index (χ1n) is 12.4. The van der Waals surface area contributed by atoms with Crippen molar-refractivity contribution in [2.75, 3.05) is 39.5 Å². The van der Waals surface area contributed by atoms with Gasteiger partial charge in [-0.05, 0) is 25.0 Å². The highest BCUT2D eigenvalue weighted by molar-refractivity contribution is 5.98. The molecule has 1 heterocycles. The zero-order valence-corrected chi connectivity index (χ0v) is 21.8. The number of hydroxylamine groups is 2. The van der Waals surface area contributed by atoms with Gasteiger partial charge in [-0.1, -0.05) is 32.0 Å². The van der Waals surface area contributed by atoms with Crippen molar-refractivity contribution in [2.24, 2.45) is 5.92 Å². The summed E-state index contributed by atoms with van der Waals surface area (Å²) in [6.45, 7) is 8.03. The average Bonchev–Trinajstić information content (AvgIpc) is 2.87. The van der Waals surface area contributed by atoms with Crippen LogP contribution < -0.4 is 10.6 Å². The van der Waals surface area contributed by atoms with E-state index in [2.05, 4.69) is 15.5 Å². The molecule has 210 valence electrons. The molecular formula is C25H36N4O9. The van der Waals surface area contributed by atoms with E-state index < -0.39 is 60.1 Å². The van der Waals surface area contributed by atoms with Gasteiger partial charge in [0.1, 0.15) is 18.1 Å². The van der Waals surface area contributed by atoms with E-state index in [-0.39, 0.29) is 6.61 Å². The minimum absolute atomic E-state index is 0.126. The summed E-state index contributed by atoms with van der Waals surface area (Å²) >= 11 is 0. The maximum Gasteiger partial charge on any atom is 0.326 e. The quantitative estimate of drug-likeness (QED) is 0.236. The molecule has 2 rings (SSSR count). The Labute approximate surface area is 221 Å². The number of hydrogen-bond donors (Lipinski definition) is 4. The highest BCUT2D eigenvalue weighted by atomic mass is 16.7. The third-order valence-corrected chi connectivity index (χ3v) is 5.86. The van der Waals surface area contributed by atoms with Crippen molar-refractivity contribution >= 4 is 29.7 Å². The van der Waals surface area contributed by atoms with Gasteiger partial charge in [0.2, 0.25) is 11.8 Å². The summed E-state index contributed by atoms with van der Waals surface area (Å²) in [7, 11) is 0. The lowest BCUT2D eigenvalue weighted by atomic mass is 10.0. The second-order valence-corrected chi connectivity index (χ2v) is 9.20. The molecule has 0 aromatic heterocycles. The first-order chi connectivity index (χ1) is 18.0. The number of carbonyl (C=O) groups excluding carboxylic acids is 3. The van der Waals surface area contributed by atoms with Gasteiger partial charge in [0.05, 0.1) is 26.2 Å². The molecule has 0 saturated carbocycles. The molecular weight excluding hydrogens is 500 g/mol. The summed E-state index contributed by atoms with van der Waals surface area (Å²) in [6.07, 6.45) is -0.827. The monoisotopic (exact) mass is 536 g/mol. The van der Waals surface area contributed by atoms with Gasteiger partial charge in [-0.3, -0.25) is 28.9 Å². The molecule has 1 aliphatic heterocycles. The Morgan fingerprint density at radius 3 is 2.18 bits per heavy atom. The number of carbonyl (C=O) groups is 5. The van der Waals surface area contributed by atoms with Crippen LogP contribution in [0.5, 0.6) is 0 Å². The molecule has 0 unspecified atom stereocenters. The molecule has 0 spiro atoms. The van der Waals surface area contributed by atoms with E-state index in [0.717, 1.165) is 18.2 Å². The van der Waals surface area contributed by atoms with E-state index >= 15 is 0 Å². The fourth-order valence-electron chi connectivity index (χ4n) is 3.78. The molecule has 1 aromatic rings. The molecule has 1 aliphatic rings. The number of morpholine rings is 1. The average molecular weight is 537 g/mol. The van der Waals surface area contributed by atoms with E-state index in [1.807, 2.05) is 0 Å². The summed E-state index contributed by atoms with van der Waals surface area (Å²) in [5.41, 5.74) is 0.307. The Kier molecular flexibility index (Phi) is 12.1. The number of carboxylic acid groups (broad SMARTS) is 2. The van der Waals surface area contributed by atoms with Crippen LogP contribution in [0.3, 0.4) is 0 Å². The fourth-order valence-corrected chi connectivity index (χ4v) is 3.78. The van der Waals surface area contributed by atoms with Crippen molar-refractivity contribution in [3.63, 3.8) is 0 Å². The van der Waals surface area contributed by atoms with Crippen LogP contribution in [-0.4, -0.2) is 107 Å². The first-order valence-corrected chi connectivity index (χ1v) is 12.4. The van der Waals surface area contributed by atoms with Crippen molar-refractivity contribution in [3.8, 4) is 0 Å². The summed E-state index contributed by atoms with van der Waals surface area (Å²) in [5.74, 6) is -5.47. The van der Waals surface area contributed by atoms with Crippen molar-refractivity contribution < 1.29 is 43.8 Å². The highest BCUT2D eigenvalue weighted by Gasteiger charge is 2.36. The van der Waals surface area contributed by atoms with Gasteiger partial charge in [-0.15, -0.1) is 0 Å². The van der Waals surface area contributed by atoms with Crippen LogP contribution in [0.15, 0.2) is 30.3 Å². The number of carboxylic acids is 2. The highest BCUT2D eigenvalue weighted by Crippen LogP contribution is 2.17. The third-order valence-electron chi connectivity index (χ3n) is 5.86. The number of ether oxygens (including phenoxy) is 1. The smallest absolute Gasteiger partial charge is 0.326 e. The predicted molar refractivity (Wildman–Crippen MR) is 134 cm³/mol. The number of amides is 3. The lowest BCUT2D eigenvalue weighted by molar-refractivity contribution is -0.173. The van der Waals surface area contributed by atoms with Gasteiger partial charge in [0.25, 0.3) is 5.91 Å². The molecule has 13 nitrogen and oxygen atoms in total. The molecule has 1 aromatic carbocycles. The van der Waals surface area contributed by atoms with Crippen molar-refractivity contribution in [1.82, 2.24) is 20.6 Å². The van der Waals surface area contributed by atoms with Crippen LogP contribution in [0.1, 0.15) is 37.6 Å². The number of benzene rings is 1. The van der Waals surface area contributed by atoms with Crippen LogP contribution in [-0.2, 0) is 28.8 Å². The van der Waals surface area contributed by atoms with Crippen LogP contribution in [0, 0.1) is 5.92 Å². The Balaban J connectivity index is 2.17. The molecule has 4 N–H and O–H groups in total. The summed E-state index contributed by atoms with van der Waals surface area (Å²) < 4.78 is 5.34. The fraction of sp³-hybridized carbons (Fsp3) is 0.560. The minimum atomic E-state index is -1.67. The van der Waals surface area contributed by atoms with E-state index in [1.54, 1.807) is 44.2 Å². The van der Waals surface area contributed by atoms with Crippen LogP contribution in [0.4, 0.5) is 0 Å². The molecule has 1 fully saturated rings. The lowest BCUT2D eigenvalue weighted by Crippen LogP contribution is -2.57. The van der Waals surface area contributed by atoms with E-state index in [1.165, 1.54) is 6.92 Å². The first kappa shape index (κ1) is 30.7. The van der Waals surface area contributed by atoms with Gasteiger partial charge in [0, 0.05) is 25.2 Å². The third kappa shape index (κ3) is 9.39. The van der Waals surface area contributed by atoms with Crippen LogP contribution in [0.25, 0.3) is 0 Å². The van der Waals surface area contributed by atoms with Crippen LogP contribution >= 0.6 is 0 Å². The van der Waals surface area contributed by atoms with Crippen molar-refractivity contribution in [3.05, 3.63) is 35.9 Å². The van der Waals surface area contributed by atoms with E-state index in [9.17, 15) is 29.1 Å². The second kappa shape index (κ2) is 15.0. The van der Waals surface area contributed by atoms with Gasteiger partial charge < -0.3 is 25.6 Å². The molecule has 0 bridgehead atoms. The maximum absolute atomic E-state index is 13.4. The normalized spacial score (nSPS) is 16.2. The van der Waals surface area contributed by atoms with Gasteiger partial charge in [-0.25, -0.2) is 9.86 Å². The number of hydrogen-bond acceptors (Lipinski definition) is 8. The largest absolute Gasteiger partial charge is 0.481 e. The van der Waals surface area contributed by atoms with Gasteiger partial charge in [-0.2, -0.15) is 0 Å². The van der Waals surface area contributed by atoms with E-state index in [4.69, 9.17) is 14.7 Å². The Morgan fingerprint density at radius 2 is 1.63 bits per heavy atom. The number of aliphatic carboxylic acids is 2. The Bertz CT molecular complexity index is 967. The molecule has 0 radical (unpaired) electrons. The zero-order chi connectivity index (χ0) is 28.2. The maximum atomic E-state index is 13.4. The molecule has 13 heteroatoms. The summed E-state index contributed by atoms with van der Waals surface area (Å²) in [6, 6.07) is 4.31. The minimum Gasteiger partial charge on any atom is -0.481 e. The lowest BCUT2D eigenvalue weighted by Gasteiger charge is -2.34. The zero-order valence-electron chi connectivity index (χ0n) is 21.8. The number of nitrogens with one attached hydrogen (secondary N) is 2. The Morgan fingerprint density at radius 1 is 1.00 bits per heavy atom. The number of nitrogens with zero attached hydrogens (tertiary/aromatic N) is 2. The van der Waals surface area contributed by atoms with Gasteiger partial charge >= 0.3 is 11.9 Å². The summed E-state index contributed by atoms with van der Waals surface area (Å²) in [5, 5.41) is 23.7. The molecule has 3 atom stereocenters. The standard InChI is InChI=1S/C25H36N4O9/c1-16(2)21(23(33)26-17(3)22(32)27-19(25(35)36)15-20(30)31)29(24(34)18-7-5-4-6-8-18)38-14-11-28-9-12-37-13-10-28/h4-8,16-17,19,21H,9-15H2,1-3H3,(H,26,33)(H,27,32)(H,30,31)(H,35,36)/t17-,19-,21-/m0/s1. The van der Waals surface area contributed by atoms with Crippen molar-refractivity contribution in [2.45, 2.75) is 45.3 Å².